The van der Waals surface area contributed by atoms with Gasteiger partial charge in [-0.1, -0.05) is 18.2 Å². The molecule has 0 saturated heterocycles. The molecule has 2 aromatic rings. The summed E-state index contributed by atoms with van der Waals surface area (Å²) in [6.45, 7) is 0. The Kier molecular flexibility index (Phi) is 5.32. The molecule has 4 nitrogen and oxygen atoms in total. The monoisotopic (exact) mass is 369 g/mol. The fraction of sp³-hybridized carbons (Fsp3) is 0.118. The Labute approximate surface area is 142 Å². The van der Waals surface area contributed by atoms with Crippen molar-refractivity contribution in [3.63, 3.8) is 0 Å². The highest BCUT2D eigenvalue weighted by Gasteiger charge is 2.30. The molecule has 0 radical (unpaired) electrons. The van der Waals surface area contributed by atoms with Crippen LogP contribution in [0.15, 0.2) is 59.5 Å². The first-order valence-corrected chi connectivity index (χ1v) is 8.91. The molecule has 0 unspecified atom stereocenters. The number of anilines is 1. The highest BCUT2D eigenvalue weighted by atomic mass is 32.2. The van der Waals surface area contributed by atoms with Crippen molar-refractivity contribution >= 4 is 27.5 Å². The number of rotatable bonds is 4. The molecule has 0 aliphatic carbocycles. The zero-order chi connectivity index (χ0) is 18.7. The Balaban J connectivity index is 2.12. The third-order valence-electron chi connectivity index (χ3n) is 3.17. The number of carbonyl (C=O) groups excluding carboxylic acids is 1. The largest absolute Gasteiger partial charge is 0.416 e. The van der Waals surface area contributed by atoms with E-state index < -0.39 is 27.5 Å². The van der Waals surface area contributed by atoms with Gasteiger partial charge in [0.05, 0.1) is 10.5 Å². The lowest BCUT2D eigenvalue weighted by atomic mass is 10.1. The first kappa shape index (κ1) is 18.7. The molecular weight excluding hydrogens is 355 g/mol. The summed E-state index contributed by atoms with van der Waals surface area (Å²) in [6, 6.07) is 10.2. The topological polar surface area (TPSA) is 63.2 Å². The van der Waals surface area contributed by atoms with Gasteiger partial charge in [0.2, 0.25) is 5.91 Å². The molecule has 25 heavy (non-hydrogen) atoms. The van der Waals surface area contributed by atoms with Gasteiger partial charge in [-0.25, -0.2) is 8.42 Å². The molecule has 1 amide bonds. The van der Waals surface area contributed by atoms with Gasteiger partial charge < -0.3 is 5.32 Å². The van der Waals surface area contributed by atoms with Crippen LogP contribution in [0.3, 0.4) is 0 Å². The highest BCUT2D eigenvalue weighted by Crippen LogP contribution is 2.29. The Bertz CT molecular complexity index is 919. The summed E-state index contributed by atoms with van der Waals surface area (Å²) in [6.07, 6.45) is -1.10. The molecule has 0 bridgehead atoms. The van der Waals surface area contributed by atoms with Crippen LogP contribution in [0.1, 0.15) is 11.1 Å². The van der Waals surface area contributed by atoms with Gasteiger partial charge in [0.1, 0.15) is 0 Å². The molecule has 0 fully saturated rings. The molecule has 2 aromatic carbocycles. The van der Waals surface area contributed by atoms with Crippen LogP contribution in [0.5, 0.6) is 0 Å². The van der Waals surface area contributed by atoms with E-state index in [0.717, 1.165) is 24.5 Å². The van der Waals surface area contributed by atoms with Crippen LogP contribution in [0.25, 0.3) is 6.08 Å². The van der Waals surface area contributed by atoms with E-state index in [0.29, 0.717) is 0 Å². The Morgan fingerprint density at radius 3 is 2.40 bits per heavy atom. The van der Waals surface area contributed by atoms with Crippen LogP contribution < -0.4 is 5.32 Å². The van der Waals surface area contributed by atoms with Crippen LogP contribution in [0.2, 0.25) is 0 Å². The summed E-state index contributed by atoms with van der Waals surface area (Å²) in [5, 5.41) is 2.46. The maximum Gasteiger partial charge on any atom is 0.416 e. The molecule has 0 aliphatic heterocycles. The highest BCUT2D eigenvalue weighted by molar-refractivity contribution is 7.90. The van der Waals surface area contributed by atoms with E-state index in [4.69, 9.17) is 0 Å². The second-order valence-electron chi connectivity index (χ2n) is 5.25. The average Bonchev–Trinajstić information content (AvgIpc) is 2.52. The molecule has 0 saturated carbocycles. The number of halogens is 3. The van der Waals surface area contributed by atoms with Crippen LogP contribution in [0.4, 0.5) is 18.9 Å². The van der Waals surface area contributed by atoms with Crippen molar-refractivity contribution in [2.24, 2.45) is 0 Å². The number of amides is 1. The van der Waals surface area contributed by atoms with E-state index in [1.807, 2.05) is 0 Å². The predicted octanol–water partition coefficient (Wildman–Crippen LogP) is 3.76. The van der Waals surface area contributed by atoms with Crippen molar-refractivity contribution in [3.8, 4) is 0 Å². The van der Waals surface area contributed by atoms with Crippen LogP contribution in [0, 0.1) is 0 Å². The van der Waals surface area contributed by atoms with Gasteiger partial charge >= 0.3 is 6.18 Å². The lowest BCUT2D eigenvalue weighted by molar-refractivity contribution is -0.137. The number of nitrogens with one attached hydrogen (secondary N) is 1. The summed E-state index contributed by atoms with van der Waals surface area (Å²) in [7, 11) is -3.41. The van der Waals surface area contributed by atoms with E-state index >= 15 is 0 Å². The maximum atomic E-state index is 12.6. The summed E-state index contributed by atoms with van der Waals surface area (Å²) >= 11 is 0. The third kappa shape index (κ3) is 5.46. The fourth-order valence-electron chi connectivity index (χ4n) is 1.98. The van der Waals surface area contributed by atoms with E-state index in [-0.39, 0.29) is 16.1 Å². The molecule has 8 heteroatoms. The van der Waals surface area contributed by atoms with Crippen molar-refractivity contribution in [1.29, 1.82) is 0 Å². The third-order valence-corrected chi connectivity index (χ3v) is 4.28. The van der Waals surface area contributed by atoms with Gasteiger partial charge in [0.15, 0.2) is 9.84 Å². The number of hydrogen-bond donors (Lipinski definition) is 1. The minimum absolute atomic E-state index is 0.0483. The molecule has 2 rings (SSSR count). The summed E-state index contributed by atoms with van der Waals surface area (Å²) in [5.41, 5.74) is -0.326. The average molecular weight is 369 g/mol. The van der Waals surface area contributed by atoms with Gasteiger partial charge in [-0.2, -0.15) is 13.2 Å². The Morgan fingerprint density at radius 2 is 1.76 bits per heavy atom. The first-order chi connectivity index (χ1) is 11.6. The first-order valence-electron chi connectivity index (χ1n) is 7.02. The van der Waals surface area contributed by atoms with Gasteiger partial charge in [0.25, 0.3) is 0 Å². The molecule has 0 atom stereocenters. The lowest BCUT2D eigenvalue weighted by Gasteiger charge is -2.07. The molecule has 0 spiro atoms. The minimum atomic E-state index is -4.46. The fourth-order valence-corrected chi connectivity index (χ4v) is 2.65. The van der Waals surface area contributed by atoms with Gasteiger partial charge in [-0.05, 0) is 42.0 Å². The second kappa shape index (κ2) is 7.10. The van der Waals surface area contributed by atoms with Crippen LogP contribution in [-0.2, 0) is 20.8 Å². The maximum absolute atomic E-state index is 12.6. The zero-order valence-corrected chi connectivity index (χ0v) is 13.9. The normalized spacial score (nSPS) is 12.3. The molecular formula is C17H14F3NO3S. The SMILES string of the molecule is CS(=O)(=O)c1cccc(NC(=O)/C=C/c2cccc(C(F)(F)F)c2)c1. The zero-order valence-electron chi connectivity index (χ0n) is 13.0. The number of alkyl halides is 3. The van der Waals surface area contributed by atoms with Crippen molar-refractivity contribution in [1.82, 2.24) is 0 Å². The van der Waals surface area contributed by atoms with Gasteiger partial charge in [0, 0.05) is 18.0 Å². The standard InChI is InChI=1S/C17H14F3NO3S/c1-25(23,24)15-7-3-6-14(11-15)21-16(22)9-8-12-4-2-5-13(10-12)17(18,19)20/h2-11H,1H3,(H,21,22)/b9-8+. The molecule has 132 valence electrons. The van der Waals surface area contributed by atoms with Gasteiger partial charge in [-0.15, -0.1) is 0 Å². The van der Waals surface area contributed by atoms with E-state index in [9.17, 15) is 26.4 Å². The van der Waals surface area contributed by atoms with E-state index in [1.165, 1.54) is 42.5 Å². The second-order valence-corrected chi connectivity index (χ2v) is 7.26. The number of benzene rings is 2. The molecule has 0 aromatic heterocycles. The number of carbonyl (C=O) groups is 1. The smallest absolute Gasteiger partial charge is 0.322 e. The van der Waals surface area contributed by atoms with E-state index in [2.05, 4.69) is 5.32 Å². The predicted molar refractivity (Wildman–Crippen MR) is 88.7 cm³/mol. The number of sulfone groups is 1. The van der Waals surface area contributed by atoms with Gasteiger partial charge in [-0.3, -0.25) is 4.79 Å². The van der Waals surface area contributed by atoms with E-state index in [1.54, 1.807) is 0 Å². The van der Waals surface area contributed by atoms with Crippen molar-refractivity contribution in [2.45, 2.75) is 11.1 Å². The molecule has 1 N–H and O–H groups in total. The van der Waals surface area contributed by atoms with Crippen LogP contribution >= 0.6 is 0 Å². The Morgan fingerprint density at radius 1 is 1.08 bits per heavy atom. The molecule has 0 heterocycles. The molecule has 0 aliphatic rings. The minimum Gasteiger partial charge on any atom is -0.322 e. The lowest BCUT2D eigenvalue weighted by Crippen LogP contribution is -2.08. The quantitative estimate of drug-likeness (QED) is 0.835. The summed E-state index contributed by atoms with van der Waals surface area (Å²) in [4.78, 5) is 11.9. The summed E-state index contributed by atoms with van der Waals surface area (Å²) < 4.78 is 60.9. The Hall–Kier alpha value is -2.61. The van der Waals surface area contributed by atoms with Crippen LogP contribution in [-0.4, -0.2) is 20.6 Å². The van der Waals surface area contributed by atoms with Crippen molar-refractivity contribution in [3.05, 3.63) is 65.7 Å². The number of hydrogen-bond acceptors (Lipinski definition) is 3. The summed E-state index contributed by atoms with van der Waals surface area (Å²) in [5.74, 6) is -0.594. The van der Waals surface area contributed by atoms with Crippen molar-refractivity contribution < 1.29 is 26.4 Å². The van der Waals surface area contributed by atoms with Crippen molar-refractivity contribution in [2.75, 3.05) is 11.6 Å².